The molecule has 0 bridgehead atoms. The standard InChI is InChI=1S/C14H26N2O4S/c1-2-10-21(19,20)16-7-3-4-13(16)14(18)15-8-5-12(11-15)6-9-17/h12-13,17H,2-11H2,1H3. The lowest BCUT2D eigenvalue weighted by Crippen LogP contribution is -2.47. The molecule has 2 fully saturated rings. The molecule has 0 spiro atoms. The Morgan fingerprint density at radius 3 is 2.71 bits per heavy atom. The van der Waals surface area contributed by atoms with Crippen molar-refractivity contribution < 1.29 is 18.3 Å². The predicted octanol–water partition coefficient (Wildman–Crippen LogP) is 0.422. The molecule has 2 aliphatic heterocycles. The summed E-state index contributed by atoms with van der Waals surface area (Å²) in [4.78, 5) is 14.4. The third-order valence-corrected chi connectivity index (χ3v) is 6.52. The highest BCUT2D eigenvalue weighted by atomic mass is 32.2. The average Bonchev–Trinajstić information content (AvgIpc) is 3.07. The van der Waals surface area contributed by atoms with Gasteiger partial charge in [-0.15, -0.1) is 0 Å². The lowest BCUT2D eigenvalue weighted by Gasteiger charge is -2.27. The van der Waals surface area contributed by atoms with Crippen molar-refractivity contribution in [2.24, 2.45) is 5.92 Å². The van der Waals surface area contributed by atoms with E-state index in [0.29, 0.717) is 44.8 Å². The number of carbonyl (C=O) groups is 1. The Kier molecular flexibility index (Phi) is 5.62. The predicted molar refractivity (Wildman–Crippen MR) is 80.2 cm³/mol. The number of hydrogen-bond acceptors (Lipinski definition) is 4. The molecule has 2 rings (SSSR count). The fourth-order valence-corrected chi connectivity index (χ4v) is 5.10. The van der Waals surface area contributed by atoms with E-state index in [0.717, 1.165) is 12.8 Å². The summed E-state index contributed by atoms with van der Waals surface area (Å²) < 4.78 is 25.9. The quantitative estimate of drug-likeness (QED) is 0.770. The first-order valence-electron chi connectivity index (χ1n) is 7.88. The Morgan fingerprint density at radius 2 is 2.05 bits per heavy atom. The number of hydrogen-bond donors (Lipinski definition) is 1. The van der Waals surface area contributed by atoms with Crippen molar-refractivity contribution in [3.63, 3.8) is 0 Å². The molecule has 0 aromatic carbocycles. The van der Waals surface area contributed by atoms with Crippen LogP contribution in [0.2, 0.25) is 0 Å². The highest BCUT2D eigenvalue weighted by Gasteiger charge is 2.41. The molecule has 1 N–H and O–H groups in total. The van der Waals surface area contributed by atoms with Gasteiger partial charge in [0.2, 0.25) is 15.9 Å². The summed E-state index contributed by atoms with van der Waals surface area (Å²) in [6.07, 6.45) is 3.57. The van der Waals surface area contributed by atoms with E-state index in [4.69, 9.17) is 5.11 Å². The normalized spacial score (nSPS) is 27.4. The number of rotatable bonds is 6. The van der Waals surface area contributed by atoms with Crippen molar-refractivity contribution in [2.45, 2.75) is 45.1 Å². The van der Waals surface area contributed by atoms with Crippen LogP contribution in [-0.2, 0) is 14.8 Å². The van der Waals surface area contributed by atoms with Gasteiger partial charge < -0.3 is 10.0 Å². The molecule has 2 heterocycles. The van der Waals surface area contributed by atoms with Crippen molar-refractivity contribution >= 4 is 15.9 Å². The monoisotopic (exact) mass is 318 g/mol. The Hall–Kier alpha value is -0.660. The van der Waals surface area contributed by atoms with E-state index in [1.165, 1.54) is 4.31 Å². The highest BCUT2D eigenvalue weighted by Crippen LogP contribution is 2.27. The largest absolute Gasteiger partial charge is 0.396 e. The molecule has 21 heavy (non-hydrogen) atoms. The van der Waals surface area contributed by atoms with E-state index >= 15 is 0 Å². The van der Waals surface area contributed by atoms with Crippen LogP contribution in [0.5, 0.6) is 0 Å². The first-order valence-corrected chi connectivity index (χ1v) is 9.49. The minimum atomic E-state index is -3.31. The molecular weight excluding hydrogens is 292 g/mol. The minimum absolute atomic E-state index is 0.0485. The van der Waals surface area contributed by atoms with Crippen molar-refractivity contribution in [1.82, 2.24) is 9.21 Å². The summed E-state index contributed by atoms with van der Waals surface area (Å²) >= 11 is 0. The molecule has 2 unspecified atom stereocenters. The Balaban J connectivity index is 2.02. The molecule has 2 atom stereocenters. The SMILES string of the molecule is CCCS(=O)(=O)N1CCCC1C(=O)N1CCC(CCO)C1. The zero-order chi connectivity index (χ0) is 15.5. The summed E-state index contributed by atoms with van der Waals surface area (Å²) in [5, 5.41) is 8.98. The van der Waals surface area contributed by atoms with Gasteiger partial charge in [-0.1, -0.05) is 6.92 Å². The van der Waals surface area contributed by atoms with Crippen LogP contribution in [-0.4, -0.2) is 66.7 Å². The Morgan fingerprint density at radius 1 is 1.29 bits per heavy atom. The van der Waals surface area contributed by atoms with Gasteiger partial charge in [-0.2, -0.15) is 4.31 Å². The van der Waals surface area contributed by atoms with Gasteiger partial charge in [0.1, 0.15) is 6.04 Å². The lowest BCUT2D eigenvalue weighted by atomic mass is 10.1. The van der Waals surface area contributed by atoms with Gasteiger partial charge in [-0.3, -0.25) is 4.79 Å². The molecule has 0 radical (unpaired) electrons. The number of nitrogens with zero attached hydrogens (tertiary/aromatic N) is 2. The number of aliphatic hydroxyl groups excluding tert-OH is 1. The third-order valence-electron chi connectivity index (χ3n) is 4.44. The van der Waals surface area contributed by atoms with Crippen LogP contribution < -0.4 is 0 Å². The van der Waals surface area contributed by atoms with E-state index in [9.17, 15) is 13.2 Å². The van der Waals surface area contributed by atoms with Crippen molar-refractivity contribution in [1.29, 1.82) is 0 Å². The minimum Gasteiger partial charge on any atom is -0.396 e. The summed E-state index contributed by atoms with van der Waals surface area (Å²) in [5.74, 6) is 0.415. The molecule has 122 valence electrons. The van der Waals surface area contributed by atoms with Crippen molar-refractivity contribution in [2.75, 3.05) is 32.0 Å². The van der Waals surface area contributed by atoms with Gasteiger partial charge >= 0.3 is 0 Å². The number of carbonyl (C=O) groups excluding carboxylic acids is 1. The second-order valence-corrected chi connectivity index (χ2v) is 8.08. The maximum atomic E-state index is 12.6. The molecule has 0 aliphatic carbocycles. The van der Waals surface area contributed by atoms with Gasteiger partial charge in [0.05, 0.1) is 5.75 Å². The molecule has 0 saturated carbocycles. The molecular formula is C14H26N2O4S. The summed E-state index contributed by atoms with van der Waals surface area (Å²) in [5.41, 5.74) is 0. The summed E-state index contributed by atoms with van der Waals surface area (Å²) in [6.45, 7) is 3.78. The molecule has 2 aliphatic rings. The van der Waals surface area contributed by atoms with Crippen LogP contribution in [0.15, 0.2) is 0 Å². The summed E-state index contributed by atoms with van der Waals surface area (Å²) in [6, 6.07) is -0.505. The average molecular weight is 318 g/mol. The fourth-order valence-electron chi connectivity index (χ4n) is 3.36. The van der Waals surface area contributed by atoms with Crippen LogP contribution in [0, 0.1) is 5.92 Å². The van der Waals surface area contributed by atoms with Gasteiger partial charge in [0, 0.05) is 26.2 Å². The van der Waals surface area contributed by atoms with Crippen LogP contribution in [0.25, 0.3) is 0 Å². The Labute approximate surface area is 127 Å². The van der Waals surface area contributed by atoms with Crippen molar-refractivity contribution in [3.8, 4) is 0 Å². The van der Waals surface area contributed by atoms with E-state index in [1.807, 2.05) is 6.92 Å². The molecule has 0 aromatic rings. The zero-order valence-electron chi connectivity index (χ0n) is 12.7. The topological polar surface area (TPSA) is 77.9 Å². The first-order chi connectivity index (χ1) is 9.99. The van der Waals surface area contributed by atoms with Crippen LogP contribution in [0.4, 0.5) is 0 Å². The second-order valence-electron chi connectivity index (χ2n) is 6.04. The van der Waals surface area contributed by atoms with E-state index < -0.39 is 16.1 Å². The van der Waals surface area contributed by atoms with Crippen LogP contribution in [0.3, 0.4) is 0 Å². The first kappa shape index (κ1) is 16.7. The Bertz CT molecular complexity index is 466. The highest BCUT2D eigenvalue weighted by molar-refractivity contribution is 7.89. The molecule has 6 nitrogen and oxygen atoms in total. The zero-order valence-corrected chi connectivity index (χ0v) is 13.5. The molecule has 7 heteroatoms. The number of aliphatic hydroxyl groups is 1. The van der Waals surface area contributed by atoms with Crippen LogP contribution in [0.1, 0.15) is 39.0 Å². The fraction of sp³-hybridized carbons (Fsp3) is 0.929. The maximum absolute atomic E-state index is 12.6. The second kappa shape index (κ2) is 7.07. The molecule has 2 saturated heterocycles. The van der Waals surface area contributed by atoms with Gasteiger partial charge in [0.15, 0.2) is 0 Å². The van der Waals surface area contributed by atoms with E-state index in [2.05, 4.69) is 0 Å². The van der Waals surface area contributed by atoms with E-state index in [-0.39, 0.29) is 18.3 Å². The molecule has 0 aromatic heterocycles. The van der Waals surface area contributed by atoms with Crippen molar-refractivity contribution in [3.05, 3.63) is 0 Å². The van der Waals surface area contributed by atoms with Crippen LogP contribution >= 0.6 is 0 Å². The van der Waals surface area contributed by atoms with Gasteiger partial charge in [0.25, 0.3) is 0 Å². The summed E-state index contributed by atoms with van der Waals surface area (Å²) in [7, 11) is -3.31. The van der Waals surface area contributed by atoms with E-state index in [1.54, 1.807) is 4.90 Å². The smallest absolute Gasteiger partial charge is 0.241 e. The third kappa shape index (κ3) is 3.76. The number of likely N-dealkylation sites (tertiary alicyclic amines) is 1. The number of sulfonamides is 1. The molecule has 1 amide bonds. The maximum Gasteiger partial charge on any atom is 0.241 e. The lowest BCUT2D eigenvalue weighted by molar-refractivity contribution is -0.133. The van der Waals surface area contributed by atoms with Gasteiger partial charge in [-0.05, 0) is 38.0 Å². The van der Waals surface area contributed by atoms with Gasteiger partial charge in [-0.25, -0.2) is 8.42 Å². The number of amides is 1.